The number of carbonyl (C=O) groups excluding carboxylic acids is 4. The zero-order chi connectivity index (χ0) is 20.8. The highest BCUT2D eigenvalue weighted by atomic mass is 16.5. The highest BCUT2D eigenvalue weighted by molar-refractivity contribution is 6.21. The van der Waals surface area contributed by atoms with Crippen LogP contribution >= 0.6 is 0 Å². The van der Waals surface area contributed by atoms with E-state index in [1.165, 1.54) is 6.92 Å². The number of hydrogen-bond acceptors (Lipinski definition) is 5. The van der Waals surface area contributed by atoms with E-state index in [-0.39, 0.29) is 13.0 Å². The summed E-state index contributed by atoms with van der Waals surface area (Å²) in [6, 6.07) is 16.2. The van der Waals surface area contributed by atoms with Crippen molar-refractivity contribution >= 4 is 23.7 Å². The molecular weight excluding hydrogens is 372 g/mol. The second-order valence-corrected chi connectivity index (χ2v) is 6.72. The maximum Gasteiger partial charge on any atom is 0.308 e. The van der Waals surface area contributed by atoms with Crippen LogP contribution in [0.3, 0.4) is 0 Å². The second kappa shape index (κ2) is 9.14. The van der Waals surface area contributed by atoms with Crippen molar-refractivity contribution in [3.63, 3.8) is 0 Å². The van der Waals surface area contributed by atoms with Crippen molar-refractivity contribution in [2.75, 3.05) is 13.1 Å². The van der Waals surface area contributed by atoms with Gasteiger partial charge in [0.2, 0.25) is 0 Å². The first kappa shape index (κ1) is 20.3. The molecule has 0 unspecified atom stereocenters. The normalized spacial score (nSPS) is 13.8. The average molecular weight is 394 g/mol. The SMILES string of the molecule is C[C@@H](OC(=O)CCN1C(=O)c2ccccc2C1=O)C(=O)NCCc1ccccc1. The highest BCUT2D eigenvalue weighted by Gasteiger charge is 2.35. The molecule has 0 saturated heterocycles. The minimum absolute atomic E-state index is 0.0898. The van der Waals surface area contributed by atoms with Crippen LogP contribution in [-0.4, -0.2) is 47.8 Å². The summed E-state index contributed by atoms with van der Waals surface area (Å²) in [5, 5.41) is 2.72. The van der Waals surface area contributed by atoms with Gasteiger partial charge in [0.15, 0.2) is 6.10 Å². The van der Waals surface area contributed by atoms with E-state index in [2.05, 4.69) is 5.32 Å². The Kier molecular flexibility index (Phi) is 6.39. The number of imide groups is 1. The first-order valence-electron chi connectivity index (χ1n) is 9.43. The minimum Gasteiger partial charge on any atom is -0.452 e. The van der Waals surface area contributed by atoms with Gasteiger partial charge in [-0.1, -0.05) is 42.5 Å². The summed E-state index contributed by atoms with van der Waals surface area (Å²) in [6.45, 7) is 1.82. The van der Waals surface area contributed by atoms with Gasteiger partial charge in [-0.2, -0.15) is 0 Å². The van der Waals surface area contributed by atoms with Crippen LogP contribution in [0.1, 0.15) is 39.6 Å². The predicted octanol–water partition coefficient (Wildman–Crippen LogP) is 1.96. The third-order valence-electron chi connectivity index (χ3n) is 4.65. The van der Waals surface area contributed by atoms with E-state index >= 15 is 0 Å². The van der Waals surface area contributed by atoms with Crippen molar-refractivity contribution < 1.29 is 23.9 Å². The smallest absolute Gasteiger partial charge is 0.308 e. The molecule has 0 fully saturated rings. The Balaban J connectivity index is 1.41. The fourth-order valence-corrected chi connectivity index (χ4v) is 3.07. The molecule has 0 saturated carbocycles. The van der Waals surface area contributed by atoms with Crippen molar-refractivity contribution in [3.05, 3.63) is 71.3 Å². The van der Waals surface area contributed by atoms with Gasteiger partial charge in [0.25, 0.3) is 17.7 Å². The Bertz CT molecular complexity index is 891. The van der Waals surface area contributed by atoms with Crippen molar-refractivity contribution in [3.8, 4) is 0 Å². The number of benzene rings is 2. The van der Waals surface area contributed by atoms with Crippen molar-refractivity contribution in [2.24, 2.45) is 0 Å². The minimum atomic E-state index is -0.958. The van der Waals surface area contributed by atoms with Gasteiger partial charge in [-0.3, -0.25) is 24.1 Å². The molecule has 0 aliphatic carbocycles. The van der Waals surface area contributed by atoms with E-state index in [4.69, 9.17) is 4.74 Å². The molecule has 7 heteroatoms. The molecule has 7 nitrogen and oxygen atoms in total. The van der Waals surface area contributed by atoms with E-state index in [0.29, 0.717) is 24.1 Å². The van der Waals surface area contributed by atoms with Gasteiger partial charge in [0.05, 0.1) is 17.5 Å². The first-order chi connectivity index (χ1) is 14.0. The molecule has 0 bridgehead atoms. The molecule has 1 heterocycles. The fraction of sp³-hybridized carbons (Fsp3) is 0.273. The van der Waals surface area contributed by atoms with Crippen LogP contribution in [0.5, 0.6) is 0 Å². The van der Waals surface area contributed by atoms with Crippen LogP contribution < -0.4 is 5.32 Å². The van der Waals surface area contributed by atoms with Crippen molar-refractivity contribution in [1.82, 2.24) is 10.2 Å². The Labute approximate surface area is 168 Å². The van der Waals surface area contributed by atoms with Crippen LogP contribution in [0.25, 0.3) is 0 Å². The number of nitrogens with zero attached hydrogens (tertiary/aromatic N) is 1. The molecule has 1 N–H and O–H groups in total. The number of carbonyl (C=O) groups is 4. The Morgan fingerprint density at radius 2 is 1.55 bits per heavy atom. The lowest BCUT2D eigenvalue weighted by Crippen LogP contribution is -2.38. The molecule has 3 rings (SSSR count). The molecule has 1 aliphatic rings. The van der Waals surface area contributed by atoms with E-state index in [1.807, 2.05) is 30.3 Å². The lowest BCUT2D eigenvalue weighted by atomic mass is 10.1. The van der Waals surface area contributed by atoms with Gasteiger partial charge in [-0.15, -0.1) is 0 Å². The summed E-state index contributed by atoms with van der Waals surface area (Å²) in [7, 11) is 0. The van der Waals surface area contributed by atoms with Crippen LogP contribution in [-0.2, 0) is 20.7 Å². The van der Waals surface area contributed by atoms with Gasteiger partial charge in [-0.25, -0.2) is 0 Å². The van der Waals surface area contributed by atoms with E-state index in [9.17, 15) is 19.2 Å². The second-order valence-electron chi connectivity index (χ2n) is 6.72. The monoisotopic (exact) mass is 394 g/mol. The summed E-state index contributed by atoms with van der Waals surface area (Å²) >= 11 is 0. The zero-order valence-corrected chi connectivity index (χ0v) is 16.1. The molecule has 2 aromatic carbocycles. The maximum atomic E-state index is 12.3. The van der Waals surface area contributed by atoms with Gasteiger partial charge < -0.3 is 10.1 Å². The highest BCUT2D eigenvalue weighted by Crippen LogP contribution is 2.22. The van der Waals surface area contributed by atoms with Gasteiger partial charge in [-0.05, 0) is 31.0 Å². The summed E-state index contributed by atoms with van der Waals surface area (Å²) < 4.78 is 5.12. The van der Waals surface area contributed by atoms with Crippen LogP contribution in [0.15, 0.2) is 54.6 Å². The van der Waals surface area contributed by atoms with Gasteiger partial charge in [0, 0.05) is 13.1 Å². The summed E-state index contributed by atoms with van der Waals surface area (Å²) in [6.07, 6.45) is -0.458. The molecule has 0 aromatic heterocycles. The third kappa shape index (κ3) is 4.87. The lowest BCUT2D eigenvalue weighted by molar-refractivity contribution is -0.154. The van der Waals surface area contributed by atoms with Gasteiger partial charge in [0.1, 0.15) is 0 Å². The molecule has 1 aliphatic heterocycles. The molecule has 29 heavy (non-hydrogen) atoms. The van der Waals surface area contributed by atoms with Crippen molar-refractivity contribution in [2.45, 2.75) is 25.9 Å². The fourth-order valence-electron chi connectivity index (χ4n) is 3.07. The summed E-state index contributed by atoms with van der Waals surface area (Å²) in [4.78, 5) is 49.7. The van der Waals surface area contributed by atoms with Crippen LogP contribution in [0.4, 0.5) is 0 Å². The molecule has 0 spiro atoms. The number of esters is 1. The molecule has 150 valence electrons. The lowest BCUT2D eigenvalue weighted by Gasteiger charge is -2.16. The summed E-state index contributed by atoms with van der Waals surface area (Å²) in [5.41, 5.74) is 1.76. The topological polar surface area (TPSA) is 92.8 Å². The Morgan fingerprint density at radius 1 is 0.966 bits per heavy atom. The first-order valence-corrected chi connectivity index (χ1v) is 9.43. The largest absolute Gasteiger partial charge is 0.452 e. The van der Waals surface area contributed by atoms with Crippen molar-refractivity contribution in [1.29, 1.82) is 0 Å². The summed E-state index contributed by atoms with van der Waals surface area (Å²) in [5.74, 6) is -1.89. The van der Waals surface area contributed by atoms with E-state index in [1.54, 1.807) is 24.3 Å². The standard InChI is InChI=1S/C22H22N2O5/c1-15(20(26)23-13-11-16-7-3-2-4-8-16)29-19(25)12-14-24-21(27)17-9-5-6-10-18(17)22(24)28/h2-10,15H,11-14H2,1H3,(H,23,26)/t15-/m1/s1. The van der Waals surface area contributed by atoms with Crippen LogP contribution in [0.2, 0.25) is 0 Å². The number of nitrogens with one attached hydrogen (secondary N) is 1. The van der Waals surface area contributed by atoms with Crippen LogP contribution in [0, 0.1) is 0 Å². The number of hydrogen-bond donors (Lipinski definition) is 1. The number of rotatable bonds is 8. The third-order valence-corrected chi connectivity index (χ3v) is 4.65. The van der Waals surface area contributed by atoms with E-state index < -0.39 is 29.8 Å². The maximum absolute atomic E-state index is 12.3. The number of amides is 3. The number of ether oxygens (including phenoxy) is 1. The predicted molar refractivity (Wildman–Crippen MR) is 105 cm³/mol. The quantitative estimate of drug-likeness (QED) is 0.546. The van der Waals surface area contributed by atoms with E-state index in [0.717, 1.165) is 10.5 Å². The molecular formula is C22H22N2O5. The molecule has 1 atom stereocenters. The number of fused-ring (bicyclic) bond motifs is 1. The molecule has 3 amide bonds. The molecule has 0 radical (unpaired) electrons. The Morgan fingerprint density at radius 3 is 2.17 bits per heavy atom. The molecule has 2 aromatic rings. The van der Waals surface area contributed by atoms with Gasteiger partial charge >= 0.3 is 5.97 Å². The zero-order valence-electron chi connectivity index (χ0n) is 16.1. The average Bonchev–Trinajstić information content (AvgIpc) is 2.97. The Hall–Kier alpha value is -3.48.